The first kappa shape index (κ1) is 14.1. The van der Waals surface area contributed by atoms with E-state index in [9.17, 15) is 4.39 Å². The molecule has 0 aliphatic rings. The lowest BCUT2D eigenvalue weighted by Gasteiger charge is -2.10. The summed E-state index contributed by atoms with van der Waals surface area (Å²) in [5.74, 6) is -0.139. The van der Waals surface area contributed by atoms with Crippen LogP contribution < -0.4 is 0 Å². The Morgan fingerprint density at radius 2 is 1.89 bits per heavy atom. The SMILES string of the molecule is CCCCc1[c]ccc(F)c1Cc1ccc(Cl)cc1. The van der Waals surface area contributed by atoms with Gasteiger partial charge >= 0.3 is 0 Å². The highest BCUT2D eigenvalue weighted by molar-refractivity contribution is 6.30. The van der Waals surface area contributed by atoms with Gasteiger partial charge in [-0.25, -0.2) is 4.39 Å². The van der Waals surface area contributed by atoms with Crippen LogP contribution in [0.4, 0.5) is 4.39 Å². The van der Waals surface area contributed by atoms with Crippen molar-refractivity contribution >= 4 is 11.6 Å². The molecule has 0 fully saturated rings. The Hall–Kier alpha value is -1.34. The molecule has 0 heterocycles. The second-order valence-corrected chi connectivity index (χ2v) is 5.13. The highest BCUT2D eigenvalue weighted by Gasteiger charge is 2.09. The van der Waals surface area contributed by atoms with Crippen molar-refractivity contribution in [3.8, 4) is 0 Å². The fourth-order valence-electron chi connectivity index (χ4n) is 2.12. The molecule has 0 amide bonds. The summed E-state index contributed by atoms with van der Waals surface area (Å²) in [6, 6.07) is 13.9. The van der Waals surface area contributed by atoms with Gasteiger partial charge in [-0.05, 0) is 53.8 Å². The van der Waals surface area contributed by atoms with Gasteiger partial charge in [0.25, 0.3) is 0 Å². The smallest absolute Gasteiger partial charge is 0.127 e. The van der Waals surface area contributed by atoms with Gasteiger partial charge in [-0.15, -0.1) is 0 Å². The van der Waals surface area contributed by atoms with Gasteiger partial charge in [-0.3, -0.25) is 0 Å². The molecule has 0 unspecified atom stereocenters. The summed E-state index contributed by atoms with van der Waals surface area (Å²) in [4.78, 5) is 0. The number of aryl methyl sites for hydroxylation is 1. The van der Waals surface area contributed by atoms with E-state index in [1.165, 1.54) is 6.07 Å². The van der Waals surface area contributed by atoms with E-state index in [-0.39, 0.29) is 5.82 Å². The van der Waals surface area contributed by atoms with Gasteiger partial charge in [0.2, 0.25) is 0 Å². The minimum atomic E-state index is -0.139. The molecule has 0 spiro atoms. The number of hydrogen-bond donors (Lipinski definition) is 0. The van der Waals surface area contributed by atoms with E-state index in [1.807, 2.05) is 24.3 Å². The predicted molar refractivity (Wildman–Crippen MR) is 78.1 cm³/mol. The molecular formula is C17H17ClF. The Balaban J connectivity index is 2.25. The zero-order valence-corrected chi connectivity index (χ0v) is 11.8. The molecule has 1 radical (unpaired) electrons. The zero-order chi connectivity index (χ0) is 13.7. The average molecular weight is 276 g/mol. The highest BCUT2D eigenvalue weighted by Crippen LogP contribution is 2.20. The third-order valence-electron chi connectivity index (χ3n) is 3.21. The third-order valence-corrected chi connectivity index (χ3v) is 3.47. The summed E-state index contributed by atoms with van der Waals surface area (Å²) in [5.41, 5.74) is 2.83. The Morgan fingerprint density at radius 1 is 1.16 bits per heavy atom. The molecule has 2 aromatic rings. The molecule has 0 N–H and O–H groups in total. The summed E-state index contributed by atoms with van der Waals surface area (Å²) in [5, 5.41) is 0.704. The molecule has 2 heteroatoms. The van der Waals surface area contributed by atoms with Gasteiger partial charge < -0.3 is 0 Å². The molecule has 2 aromatic carbocycles. The van der Waals surface area contributed by atoms with Crippen LogP contribution in [0.2, 0.25) is 5.02 Å². The normalized spacial score (nSPS) is 10.7. The van der Waals surface area contributed by atoms with E-state index in [2.05, 4.69) is 13.0 Å². The van der Waals surface area contributed by atoms with Crippen molar-refractivity contribution < 1.29 is 4.39 Å². The maximum atomic E-state index is 14.0. The molecule has 0 aliphatic carbocycles. The van der Waals surface area contributed by atoms with Crippen LogP contribution in [-0.2, 0) is 12.8 Å². The minimum Gasteiger partial charge on any atom is -0.207 e. The molecule has 0 atom stereocenters. The van der Waals surface area contributed by atoms with Gasteiger partial charge in [-0.2, -0.15) is 0 Å². The molecule has 0 saturated heterocycles. The molecular weight excluding hydrogens is 259 g/mol. The third kappa shape index (κ3) is 3.81. The lowest BCUT2D eigenvalue weighted by atomic mass is 9.96. The number of hydrogen-bond acceptors (Lipinski definition) is 0. The van der Waals surface area contributed by atoms with Crippen LogP contribution in [0.15, 0.2) is 36.4 Å². The average Bonchev–Trinajstić information content (AvgIpc) is 2.42. The second-order valence-electron chi connectivity index (χ2n) is 4.69. The van der Waals surface area contributed by atoms with Crippen LogP contribution >= 0.6 is 11.6 Å². The number of benzene rings is 2. The molecule has 0 saturated carbocycles. The fourth-order valence-corrected chi connectivity index (χ4v) is 2.25. The number of unbranched alkanes of at least 4 members (excludes halogenated alkanes) is 1. The van der Waals surface area contributed by atoms with Gasteiger partial charge in [-0.1, -0.05) is 43.1 Å². The number of halogens is 2. The lowest BCUT2D eigenvalue weighted by molar-refractivity contribution is 0.608. The minimum absolute atomic E-state index is 0.139. The Kier molecular flexibility index (Phi) is 4.98. The quantitative estimate of drug-likeness (QED) is 0.702. The van der Waals surface area contributed by atoms with Crippen molar-refractivity contribution in [3.63, 3.8) is 0 Å². The lowest BCUT2D eigenvalue weighted by Crippen LogP contribution is -2.00. The monoisotopic (exact) mass is 275 g/mol. The van der Waals surface area contributed by atoms with E-state index >= 15 is 0 Å². The Morgan fingerprint density at radius 3 is 2.58 bits per heavy atom. The van der Waals surface area contributed by atoms with Crippen molar-refractivity contribution in [2.45, 2.75) is 32.6 Å². The molecule has 19 heavy (non-hydrogen) atoms. The highest BCUT2D eigenvalue weighted by atomic mass is 35.5. The van der Waals surface area contributed by atoms with Crippen molar-refractivity contribution in [3.05, 3.63) is 70.0 Å². The standard InChI is InChI=1S/C17H17ClF/c1-2-3-5-14-6-4-7-17(19)16(14)12-13-8-10-15(18)11-9-13/h4,7-11H,2-3,5,12H2,1H3. The van der Waals surface area contributed by atoms with Crippen LogP contribution in [0.5, 0.6) is 0 Å². The molecule has 0 aliphatic heterocycles. The number of rotatable bonds is 5. The van der Waals surface area contributed by atoms with Crippen molar-refractivity contribution in [1.29, 1.82) is 0 Å². The van der Waals surface area contributed by atoms with Crippen molar-refractivity contribution in [2.24, 2.45) is 0 Å². The summed E-state index contributed by atoms with van der Waals surface area (Å²) in [6.07, 6.45) is 3.65. The van der Waals surface area contributed by atoms with E-state index < -0.39 is 0 Å². The van der Waals surface area contributed by atoms with Gasteiger partial charge in [0.05, 0.1) is 0 Å². The van der Waals surface area contributed by atoms with Gasteiger partial charge in [0, 0.05) is 11.4 Å². The summed E-state index contributed by atoms with van der Waals surface area (Å²) in [6.45, 7) is 2.14. The van der Waals surface area contributed by atoms with Crippen molar-refractivity contribution in [1.82, 2.24) is 0 Å². The maximum Gasteiger partial charge on any atom is 0.127 e. The van der Waals surface area contributed by atoms with E-state index in [0.717, 1.165) is 36.0 Å². The van der Waals surface area contributed by atoms with Crippen molar-refractivity contribution in [2.75, 3.05) is 0 Å². The first-order valence-electron chi connectivity index (χ1n) is 6.63. The first-order chi connectivity index (χ1) is 9.20. The topological polar surface area (TPSA) is 0 Å². The molecule has 2 rings (SSSR count). The molecule has 99 valence electrons. The van der Waals surface area contributed by atoms with Crippen LogP contribution in [-0.4, -0.2) is 0 Å². The van der Waals surface area contributed by atoms with Gasteiger partial charge in [0.1, 0.15) is 5.82 Å². The van der Waals surface area contributed by atoms with E-state index in [4.69, 9.17) is 11.6 Å². The van der Waals surface area contributed by atoms with Gasteiger partial charge in [0.15, 0.2) is 0 Å². The summed E-state index contributed by atoms with van der Waals surface area (Å²) < 4.78 is 14.0. The first-order valence-corrected chi connectivity index (χ1v) is 7.01. The van der Waals surface area contributed by atoms with Crippen LogP contribution in [0, 0.1) is 11.9 Å². The Bertz CT molecular complexity index is 531. The Labute approximate surface area is 119 Å². The van der Waals surface area contributed by atoms with E-state index in [1.54, 1.807) is 6.07 Å². The predicted octanol–water partition coefficient (Wildman–Crippen LogP) is 5.21. The van der Waals surface area contributed by atoms with Crippen LogP contribution in [0.25, 0.3) is 0 Å². The van der Waals surface area contributed by atoms with E-state index in [0.29, 0.717) is 11.4 Å². The fraction of sp³-hybridized carbons (Fsp3) is 0.294. The summed E-state index contributed by atoms with van der Waals surface area (Å²) >= 11 is 5.87. The zero-order valence-electron chi connectivity index (χ0n) is 11.0. The van der Waals surface area contributed by atoms with Crippen LogP contribution in [0.3, 0.4) is 0 Å². The molecule has 0 bridgehead atoms. The maximum absolute atomic E-state index is 14.0. The molecule has 0 nitrogen and oxygen atoms in total. The largest absolute Gasteiger partial charge is 0.207 e. The molecule has 0 aromatic heterocycles. The summed E-state index contributed by atoms with van der Waals surface area (Å²) in [7, 11) is 0. The second kappa shape index (κ2) is 6.72. The van der Waals surface area contributed by atoms with Crippen LogP contribution in [0.1, 0.15) is 36.5 Å².